The molecule has 0 aliphatic heterocycles. The van der Waals surface area contributed by atoms with Gasteiger partial charge in [-0.15, -0.1) is 6.42 Å². The van der Waals surface area contributed by atoms with E-state index in [1.54, 1.807) is 6.92 Å². The predicted molar refractivity (Wildman–Crippen MR) is 56.3 cm³/mol. The number of terminal acetylenes is 1. The SMILES string of the molecule is C#CC(C)NC(=O)N(C)C(C)(C)C(=O)O. The smallest absolute Gasteiger partial charge is 0.329 e. The number of nitrogens with zero attached hydrogens (tertiary/aromatic N) is 1. The zero-order valence-corrected chi connectivity index (χ0v) is 9.37. The number of carboxylic acids is 1. The fraction of sp³-hybridized carbons (Fsp3) is 0.600. The Balaban J connectivity index is 4.60. The van der Waals surface area contributed by atoms with Crippen molar-refractivity contribution in [3.63, 3.8) is 0 Å². The molecule has 2 amide bonds. The van der Waals surface area contributed by atoms with Crippen LogP contribution in [0.5, 0.6) is 0 Å². The van der Waals surface area contributed by atoms with Crippen molar-refractivity contribution in [1.82, 2.24) is 10.2 Å². The molecule has 0 aliphatic carbocycles. The molecule has 1 atom stereocenters. The molecule has 0 aliphatic rings. The van der Waals surface area contributed by atoms with Crippen molar-refractivity contribution in [1.29, 1.82) is 0 Å². The Kier molecular flexibility index (Phi) is 4.16. The van der Waals surface area contributed by atoms with Crippen molar-refractivity contribution in [2.45, 2.75) is 32.4 Å². The van der Waals surface area contributed by atoms with Gasteiger partial charge >= 0.3 is 12.0 Å². The number of rotatable bonds is 3. The van der Waals surface area contributed by atoms with Crippen LogP contribution < -0.4 is 5.32 Å². The number of hydrogen-bond donors (Lipinski definition) is 2. The molecule has 0 bridgehead atoms. The Labute approximate surface area is 89.4 Å². The Morgan fingerprint density at radius 1 is 1.53 bits per heavy atom. The summed E-state index contributed by atoms with van der Waals surface area (Å²) in [6, 6.07) is -0.933. The Morgan fingerprint density at radius 2 is 2.00 bits per heavy atom. The van der Waals surface area contributed by atoms with Crippen LogP contribution in [0.25, 0.3) is 0 Å². The topological polar surface area (TPSA) is 69.6 Å². The van der Waals surface area contributed by atoms with Crippen LogP contribution in [0.4, 0.5) is 4.79 Å². The summed E-state index contributed by atoms with van der Waals surface area (Å²) in [5.41, 5.74) is -1.27. The van der Waals surface area contributed by atoms with Crippen LogP contribution in [-0.2, 0) is 4.79 Å². The van der Waals surface area contributed by atoms with Gasteiger partial charge in [0.05, 0.1) is 6.04 Å². The number of carbonyl (C=O) groups is 2. The molecule has 5 heteroatoms. The summed E-state index contributed by atoms with van der Waals surface area (Å²) >= 11 is 0. The minimum atomic E-state index is -1.27. The number of aliphatic carboxylic acids is 1. The van der Waals surface area contributed by atoms with Gasteiger partial charge in [0.2, 0.25) is 0 Å². The van der Waals surface area contributed by atoms with E-state index in [1.807, 2.05) is 0 Å². The van der Waals surface area contributed by atoms with Crippen LogP contribution in [0.2, 0.25) is 0 Å². The normalized spacial score (nSPS) is 12.5. The van der Waals surface area contributed by atoms with Gasteiger partial charge in [-0.05, 0) is 20.8 Å². The lowest BCUT2D eigenvalue weighted by Crippen LogP contribution is -2.55. The van der Waals surface area contributed by atoms with E-state index >= 15 is 0 Å². The van der Waals surface area contributed by atoms with Crippen LogP contribution in [0.1, 0.15) is 20.8 Å². The summed E-state index contributed by atoms with van der Waals surface area (Å²) in [7, 11) is 1.41. The van der Waals surface area contributed by atoms with E-state index in [2.05, 4.69) is 11.2 Å². The third-order valence-electron chi connectivity index (χ3n) is 2.26. The van der Waals surface area contributed by atoms with Gasteiger partial charge in [-0.3, -0.25) is 0 Å². The van der Waals surface area contributed by atoms with Gasteiger partial charge in [0.1, 0.15) is 5.54 Å². The highest BCUT2D eigenvalue weighted by Gasteiger charge is 2.35. The van der Waals surface area contributed by atoms with Gasteiger partial charge in [-0.1, -0.05) is 5.92 Å². The van der Waals surface area contributed by atoms with E-state index < -0.39 is 23.6 Å². The number of urea groups is 1. The molecule has 0 spiro atoms. The van der Waals surface area contributed by atoms with Crippen LogP contribution in [-0.4, -0.2) is 40.6 Å². The number of amides is 2. The number of nitrogens with one attached hydrogen (secondary N) is 1. The molecule has 84 valence electrons. The van der Waals surface area contributed by atoms with Crippen molar-refractivity contribution < 1.29 is 14.7 Å². The average Bonchev–Trinajstić information content (AvgIpc) is 2.15. The highest BCUT2D eigenvalue weighted by Crippen LogP contribution is 2.12. The van der Waals surface area contributed by atoms with Crippen molar-refractivity contribution in [2.24, 2.45) is 0 Å². The van der Waals surface area contributed by atoms with E-state index in [0.29, 0.717) is 0 Å². The summed E-state index contributed by atoms with van der Waals surface area (Å²) in [5, 5.41) is 11.4. The maximum absolute atomic E-state index is 11.5. The lowest BCUT2D eigenvalue weighted by atomic mass is 10.1. The van der Waals surface area contributed by atoms with E-state index in [9.17, 15) is 9.59 Å². The second-order valence-electron chi connectivity index (χ2n) is 3.76. The van der Waals surface area contributed by atoms with Gasteiger partial charge in [-0.2, -0.15) is 0 Å². The first-order chi connectivity index (χ1) is 6.73. The molecule has 5 nitrogen and oxygen atoms in total. The number of hydrogen-bond acceptors (Lipinski definition) is 2. The number of carbonyl (C=O) groups excluding carboxylic acids is 1. The molecular formula is C10H16N2O3. The van der Waals surface area contributed by atoms with Crippen LogP contribution in [0.15, 0.2) is 0 Å². The number of likely N-dealkylation sites (N-methyl/N-ethyl adjacent to an activating group) is 1. The average molecular weight is 212 g/mol. The minimum Gasteiger partial charge on any atom is -0.480 e. The molecule has 0 radical (unpaired) electrons. The molecule has 0 aromatic heterocycles. The fourth-order valence-corrected chi connectivity index (χ4v) is 0.721. The zero-order valence-electron chi connectivity index (χ0n) is 9.37. The van der Waals surface area contributed by atoms with Crippen molar-refractivity contribution >= 4 is 12.0 Å². The van der Waals surface area contributed by atoms with Gasteiger partial charge in [0.15, 0.2) is 0 Å². The fourth-order valence-electron chi connectivity index (χ4n) is 0.721. The molecule has 0 fully saturated rings. The summed E-state index contributed by atoms with van der Waals surface area (Å²) in [4.78, 5) is 23.5. The molecule has 0 heterocycles. The summed E-state index contributed by atoms with van der Waals surface area (Å²) in [6.07, 6.45) is 5.09. The lowest BCUT2D eigenvalue weighted by Gasteiger charge is -2.31. The first kappa shape index (κ1) is 13.3. The quantitative estimate of drug-likeness (QED) is 0.670. The highest BCUT2D eigenvalue weighted by molar-refractivity contribution is 5.85. The first-order valence-corrected chi connectivity index (χ1v) is 4.47. The monoisotopic (exact) mass is 212 g/mol. The largest absolute Gasteiger partial charge is 0.480 e. The Hall–Kier alpha value is -1.70. The minimum absolute atomic E-state index is 0.426. The maximum atomic E-state index is 11.5. The predicted octanol–water partition coefficient (Wildman–Crippen LogP) is 0.513. The van der Waals surface area contributed by atoms with Gasteiger partial charge in [0, 0.05) is 7.05 Å². The summed E-state index contributed by atoms with van der Waals surface area (Å²) < 4.78 is 0. The van der Waals surface area contributed by atoms with E-state index in [0.717, 1.165) is 4.90 Å². The Morgan fingerprint density at radius 3 is 2.33 bits per heavy atom. The highest BCUT2D eigenvalue weighted by atomic mass is 16.4. The number of carboxylic acid groups (broad SMARTS) is 1. The first-order valence-electron chi connectivity index (χ1n) is 4.47. The summed E-state index contributed by atoms with van der Waals surface area (Å²) in [5.74, 6) is 1.25. The van der Waals surface area contributed by atoms with Crippen LogP contribution in [0, 0.1) is 12.3 Å². The van der Waals surface area contributed by atoms with Crippen LogP contribution in [0.3, 0.4) is 0 Å². The molecule has 0 saturated heterocycles. The van der Waals surface area contributed by atoms with Gasteiger partial charge < -0.3 is 15.3 Å². The van der Waals surface area contributed by atoms with Crippen molar-refractivity contribution in [3.8, 4) is 12.3 Å². The molecule has 15 heavy (non-hydrogen) atoms. The van der Waals surface area contributed by atoms with E-state index in [-0.39, 0.29) is 0 Å². The molecule has 0 rings (SSSR count). The van der Waals surface area contributed by atoms with E-state index in [1.165, 1.54) is 20.9 Å². The third kappa shape index (κ3) is 3.17. The van der Waals surface area contributed by atoms with E-state index in [4.69, 9.17) is 11.5 Å². The summed E-state index contributed by atoms with van der Waals surface area (Å²) in [6.45, 7) is 4.52. The van der Waals surface area contributed by atoms with Crippen molar-refractivity contribution in [3.05, 3.63) is 0 Å². The third-order valence-corrected chi connectivity index (χ3v) is 2.26. The van der Waals surface area contributed by atoms with Gasteiger partial charge in [-0.25, -0.2) is 9.59 Å². The van der Waals surface area contributed by atoms with Crippen LogP contribution >= 0.6 is 0 Å². The lowest BCUT2D eigenvalue weighted by molar-refractivity contribution is -0.146. The zero-order chi connectivity index (χ0) is 12.2. The maximum Gasteiger partial charge on any atom is 0.329 e. The molecule has 0 saturated carbocycles. The Bertz CT molecular complexity index is 304. The molecule has 2 N–H and O–H groups in total. The van der Waals surface area contributed by atoms with Gasteiger partial charge in [0.25, 0.3) is 0 Å². The standard InChI is InChI=1S/C10H16N2O3/c1-6-7(2)11-9(15)12(5)10(3,4)8(13)14/h1,7H,2-5H3,(H,11,15)(H,13,14). The second-order valence-corrected chi connectivity index (χ2v) is 3.76. The molecule has 0 aromatic carbocycles. The second kappa shape index (κ2) is 4.69. The molecule has 1 unspecified atom stereocenters. The molecular weight excluding hydrogens is 196 g/mol. The van der Waals surface area contributed by atoms with Crippen molar-refractivity contribution in [2.75, 3.05) is 7.05 Å². The molecule has 0 aromatic rings.